The number of benzene rings is 2. The van der Waals surface area contributed by atoms with Crippen LogP contribution in [0.15, 0.2) is 59.8 Å². The lowest BCUT2D eigenvalue weighted by Crippen LogP contribution is -2.46. The van der Waals surface area contributed by atoms with Crippen molar-refractivity contribution in [2.75, 3.05) is 18.9 Å². The summed E-state index contributed by atoms with van der Waals surface area (Å²) in [6, 6.07) is 16.0. The van der Waals surface area contributed by atoms with Gasteiger partial charge in [-0.1, -0.05) is 61.4 Å². The van der Waals surface area contributed by atoms with E-state index in [1.54, 1.807) is 16.7 Å². The predicted molar refractivity (Wildman–Crippen MR) is 133 cm³/mol. The van der Waals surface area contributed by atoms with Crippen LogP contribution >= 0.6 is 11.8 Å². The van der Waals surface area contributed by atoms with Crippen LogP contribution < -0.4 is 5.32 Å². The molecule has 1 amide bonds. The second-order valence-corrected chi connectivity index (χ2v) is 9.86. The van der Waals surface area contributed by atoms with Crippen molar-refractivity contribution in [3.8, 4) is 5.69 Å². The van der Waals surface area contributed by atoms with Gasteiger partial charge in [-0.15, -0.1) is 10.2 Å². The number of carbonyl (C=O) groups excluding carboxylic acids is 1. The number of nitrogens with one attached hydrogen (secondary N) is 1. The summed E-state index contributed by atoms with van der Waals surface area (Å²) in [5.41, 5.74) is 1.24. The standard InChI is InChI=1S/C26H31FN4O3S/c27-20-9-11-21(12-10-20)31-23(29-30-25(31)35-18-22(33)17-32)13-16-28-24(34)26(14-5-2-6-15-26)19-7-3-1-4-8-19/h1,3-4,7-12,22,32-33H,2,5-6,13-18H2,(H,28,34)/t22-/m1/s1. The normalized spacial score (nSPS) is 16.1. The van der Waals surface area contributed by atoms with E-state index in [2.05, 4.69) is 15.5 Å². The molecule has 1 aliphatic carbocycles. The molecule has 1 aromatic heterocycles. The molecule has 3 N–H and O–H groups in total. The molecular weight excluding hydrogens is 467 g/mol. The van der Waals surface area contributed by atoms with Crippen LogP contribution in [0, 0.1) is 5.82 Å². The van der Waals surface area contributed by atoms with Crippen LogP contribution in [0.5, 0.6) is 0 Å². The molecule has 3 aromatic rings. The van der Waals surface area contributed by atoms with Gasteiger partial charge in [0.25, 0.3) is 0 Å². The average molecular weight is 499 g/mol. The lowest BCUT2D eigenvalue weighted by Gasteiger charge is -2.36. The minimum absolute atomic E-state index is 0.0388. The van der Waals surface area contributed by atoms with E-state index in [1.807, 2.05) is 30.3 Å². The number of thioether (sulfide) groups is 1. The fraction of sp³-hybridized carbons (Fsp3) is 0.423. The van der Waals surface area contributed by atoms with E-state index >= 15 is 0 Å². The second-order valence-electron chi connectivity index (χ2n) is 8.87. The number of rotatable bonds is 10. The molecule has 7 nitrogen and oxygen atoms in total. The van der Waals surface area contributed by atoms with E-state index in [0.29, 0.717) is 29.6 Å². The second kappa shape index (κ2) is 11.8. The predicted octanol–water partition coefficient (Wildman–Crippen LogP) is 3.41. The van der Waals surface area contributed by atoms with Gasteiger partial charge in [0, 0.05) is 24.4 Å². The Hall–Kier alpha value is -2.75. The van der Waals surface area contributed by atoms with Crippen molar-refractivity contribution in [3.63, 3.8) is 0 Å². The molecule has 4 rings (SSSR count). The Bertz CT molecular complexity index is 1100. The van der Waals surface area contributed by atoms with Crippen molar-refractivity contribution in [3.05, 3.63) is 71.8 Å². The molecule has 0 saturated heterocycles. The summed E-state index contributed by atoms with van der Waals surface area (Å²) in [5, 5.41) is 31.1. The van der Waals surface area contributed by atoms with Crippen LogP contribution in [-0.4, -0.2) is 55.9 Å². The highest BCUT2D eigenvalue weighted by molar-refractivity contribution is 7.99. The van der Waals surface area contributed by atoms with Crippen LogP contribution in [0.1, 0.15) is 43.5 Å². The Labute approximate surface area is 208 Å². The van der Waals surface area contributed by atoms with E-state index in [-0.39, 0.29) is 24.1 Å². The third-order valence-corrected chi connectivity index (χ3v) is 7.58. The van der Waals surface area contributed by atoms with Crippen LogP contribution in [0.25, 0.3) is 5.69 Å². The third-order valence-electron chi connectivity index (χ3n) is 6.50. The van der Waals surface area contributed by atoms with Crippen molar-refractivity contribution in [2.45, 2.75) is 55.2 Å². The molecule has 0 radical (unpaired) electrons. The fourth-order valence-electron chi connectivity index (χ4n) is 4.64. The van der Waals surface area contributed by atoms with E-state index in [1.165, 1.54) is 23.9 Å². The Morgan fingerprint density at radius 1 is 1.09 bits per heavy atom. The first-order chi connectivity index (χ1) is 17.0. The first-order valence-electron chi connectivity index (χ1n) is 12.0. The van der Waals surface area contributed by atoms with E-state index < -0.39 is 11.5 Å². The van der Waals surface area contributed by atoms with Crippen molar-refractivity contribution in [2.24, 2.45) is 0 Å². The van der Waals surface area contributed by atoms with Gasteiger partial charge in [0.05, 0.1) is 18.1 Å². The van der Waals surface area contributed by atoms with E-state index in [0.717, 1.165) is 37.7 Å². The number of hydrogen-bond acceptors (Lipinski definition) is 6. The summed E-state index contributed by atoms with van der Waals surface area (Å²) in [5.74, 6) is 0.554. The molecule has 1 atom stereocenters. The Kier molecular flexibility index (Phi) is 8.54. The molecule has 2 aromatic carbocycles. The van der Waals surface area contributed by atoms with Crippen LogP contribution in [0.4, 0.5) is 4.39 Å². The zero-order valence-electron chi connectivity index (χ0n) is 19.6. The van der Waals surface area contributed by atoms with Gasteiger partial charge in [-0.2, -0.15) is 0 Å². The maximum atomic E-state index is 13.5. The number of aliphatic hydroxyl groups excluding tert-OH is 2. The lowest BCUT2D eigenvalue weighted by molar-refractivity contribution is -0.128. The van der Waals surface area contributed by atoms with Crippen molar-refractivity contribution < 1.29 is 19.4 Å². The molecule has 1 fully saturated rings. The zero-order valence-corrected chi connectivity index (χ0v) is 20.4. The first-order valence-corrected chi connectivity index (χ1v) is 13.0. The van der Waals surface area contributed by atoms with E-state index in [4.69, 9.17) is 5.11 Å². The summed E-state index contributed by atoms with van der Waals surface area (Å²) in [6.07, 6.45) is 4.43. The fourth-order valence-corrected chi connectivity index (χ4v) is 5.53. The number of aromatic nitrogens is 3. The number of amides is 1. The van der Waals surface area contributed by atoms with Crippen LogP contribution in [0.2, 0.25) is 0 Å². The van der Waals surface area contributed by atoms with Gasteiger partial charge in [0.2, 0.25) is 5.91 Å². The number of nitrogens with zero attached hydrogens (tertiary/aromatic N) is 3. The SMILES string of the molecule is O=C(NCCc1nnc(SC[C@H](O)CO)n1-c1ccc(F)cc1)C1(c2ccccc2)CCCCC1. The van der Waals surface area contributed by atoms with Crippen molar-refractivity contribution in [1.82, 2.24) is 20.1 Å². The molecule has 1 saturated carbocycles. The molecule has 1 aliphatic rings. The smallest absolute Gasteiger partial charge is 0.230 e. The summed E-state index contributed by atoms with van der Waals surface area (Å²) < 4.78 is 15.3. The quantitative estimate of drug-likeness (QED) is 0.371. The van der Waals surface area contributed by atoms with Gasteiger partial charge in [-0.3, -0.25) is 9.36 Å². The summed E-state index contributed by atoms with van der Waals surface area (Å²) in [6.45, 7) is 0.0381. The Balaban J connectivity index is 1.50. The molecule has 0 bridgehead atoms. The minimum Gasteiger partial charge on any atom is -0.394 e. The molecule has 0 aliphatic heterocycles. The molecule has 186 valence electrons. The van der Waals surface area contributed by atoms with Crippen LogP contribution in [-0.2, 0) is 16.6 Å². The average Bonchev–Trinajstić information content (AvgIpc) is 3.31. The summed E-state index contributed by atoms with van der Waals surface area (Å²) in [7, 11) is 0. The summed E-state index contributed by atoms with van der Waals surface area (Å²) >= 11 is 1.26. The maximum Gasteiger partial charge on any atom is 0.230 e. The van der Waals surface area contributed by atoms with Gasteiger partial charge in [0.15, 0.2) is 5.16 Å². The number of carbonyl (C=O) groups is 1. The third kappa shape index (κ3) is 5.91. The molecule has 0 unspecified atom stereocenters. The number of hydrogen-bond donors (Lipinski definition) is 3. The Morgan fingerprint density at radius 2 is 1.80 bits per heavy atom. The van der Waals surface area contributed by atoms with Gasteiger partial charge >= 0.3 is 0 Å². The van der Waals surface area contributed by atoms with Crippen molar-refractivity contribution >= 4 is 17.7 Å². The van der Waals surface area contributed by atoms with E-state index in [9.17, 15) is 14.3 Å². The largest absolute Gasteiger partial charge is 0.394 e. The molecule has 0 spiro atoms. The number of halogens is 1. The zero-order chi connectivity index (χ0) is 24.7. The van der Waals surface area contributed by atoms with Crippen molar-refractivity contribution in [1.29, 1.82) is 0 Å². The first kappa shape index (κ1) is 25.3. The minimum atomic E-state index is -0.884. The van der Waals surface area contributed by atoms with Gasteiger partial charge < -0.3 is 15.5 Å². The number of aliphatic hydroxyl groups is 2. The van der Waals surface area contributed by atoms with Gasteiger partial charge in [-0.25, -0.2) is 4.39 Å². The van der Waals surface area contributed by atoms with Gasteiger partial charge in [-0.05, 0) is 42.7 Å². The topological polar surface area (TPSA) is 100 Å². The molecule has 9 heteroatoms. The van der Waals surface area contributed by atoms with Crippen LogP contribution in [0.3, 0.4) is 0 Å². The summed E-state index contributed by atoms with van der Waals surface area (Å²) in [4.78, 5) is 13.5. The highest BCUT2D eigenvalue weighted by Gasteiger charge is 2.40. The monoisotopic (exact) mass is 498 g/mol. The molecule has 35 heavy (non-hydrogen) atoms. The highest BCUT2D eigenvalue weighted by Crippen LogP contribution is 2.39. The molecular formula is C26H31FN4O3S. The lowest BCUT2D eigenvalue weighted by atomic mass is 9.68. The molecule has 1 heterocycles. The Morgan fingerprint density at radius 3 is 2.49 bits per heavy atom. The van der Waals surface area contributed by atoms with Gasteiger partial charge in [0.1, 0.15) is 11.6 Å². The highest BCUT2D eigenvalue weighted by atomic mass is 32.2. The maximum absolute atomic E-state index is 13.5.